The fourth-order valence-electron chi connectivity index (χ4n) is 4.03. The number of rotatable bonds is 2. The fourth-order valence-corrected chi connectivity index (χ4v) is 4.03. The number of aliphatic hydroxyl groups excluding tert-OH is 1. The van der Waals surface area contributed by atoms with E-state index in [1.165, 1.54) is 13.0 Å². The van der Waals surface area contributed by atoms with E-state index in [4.69, 9.17) is 0 Å². The highest BCUT2D eigenvalue weighted by Gasteiger charge is 2.26. The third kappa shape index (κ3) is 4.44. The van der Waals surface area contributed by atoms with Gasteiger partial charge in [0, 0.05) is 38.7 Å². The lowest BCUT2D eigenvalue weighted by atomic mass is 9.98. The molecule has 2 amide bonds. The summed E-state index contributed by atoms with van der Waals surface area (Å²) in [5.41, 5.74) is 3.06. The Morgan fingerprint density at radius 1 is 0.903 bits per heavy atom. The number of carbonyl (C=O) groups is 2. The van der Waals surface area contributed by atoms with Crippen LogP contribution in [0.25, 0.3) is 21.9 Å². The molecule has 1 unspecified atom stereocenters. The van der Waals surface area contributed by atoms with Crippen molar-refractivity contribution >= 4 is 22.6 Å². The summed E-state index contributed by atoms with van der Waals surface area (Å²) >= 11 is 0. The number of carbonyl (C=O) groups excluding carboxylic acids is 2. The van der Waals surface area contributed by atoms with Crippen LogP contribution in [0.3, 0.4) is 0 Å². The molecule has 160 valence electrons. The van der Waals surface area contributed by atoms with Gasteiger partial charge >= 0.3 is 0 Å². The molecule has 0 aliphatic carbocycles. The van der Waals surface area contributed by atoms with Crippen LogP contribution in [0.1, 0.15) is 22.8 Å². The lowest BCUT2D eigenvalue weighted by Crippen LogP contribution is -2.37. The lowest BCUT2D eigenvalue weighted by Gasteiger charge is -2.22. The summed E-state index contributed by atoms with van der Waals surface area (Å²) in [5, 5.41) is 12.1. The lowest BCUT2D eigenvalue weighted by molar-refractivity contribution is -0.129. The summed E-state index contributed by atoms with van der Waals surface area (Å²) < 4.78 is 13.6. The second-order valence-electron chi connectivity index (χ2n) is 8.11. The number of halogens is 1. The van der Waals surface area contributed by atoms with Gasteiger partial charge in [-0.3, -0.25) is 9.59 Å². The van der Waals surface area contributed by atoms with Gasteiger partial charge in [-0.05, 0) is 64.7 Å². The Labute approximate surface area is 180 Å². The fraction of sp³-hybridized carbons (Fsp3) is 0.280. The number of amides is 2. The normalized spacial score (nSPS) is 17.0. The van der Waals surface area contributed by atoms with E-state index >= 15 is 0 Å². The van der Waals surface area contributed by atoms with Crippen LogP contribution in [-0.4, -0.2) is 59.0 Å². The quantitative estimate of drug-likeness (QED) is 0.689. The Kier molecular flexibility index (Phi) is 5.74. The second kappa shape index (κ2) is 8.47. The molecule has 5 nitrogen and oxygen atoms in total. The van der Waals surface area contributed by atoms with Gasteiger partial charge in [-0.15, -0.1) is 0 Å². The number of benzene rings is 3. The summed E-state index contributed by atoms with van der Waals surface area (Å²) in [6.45, 7) is 4.44. The third-order valence-electron chi connectivity index (χ3n) is 5.81. The van der Waals surface area contributed by atoms with E-state index in [0.29, 0.717) is 24.2 Å². The van der Waals surface area contributed by atoms with Crippen molar-refractivity contribution in [3.63, 3.8) is 0 Å². The summed E-state index contributed by atoms with van der Waals surface area (Å²) in [5.74, 6) is -0.492. The predicted octanol–water partition coefficient (Wildman–Crippen LogP) is 3.62. The SMILES string of the molecule is CC(=O)N1CCN(C(=O)c2ccc3cc(-c4ccc(F)c(C)c4)ccc3c2)CC(O)C1. The summed E-state index contributed by atoms with van der Waals surface area (Å²) in [7, 11) is 0. The van der Waals surface area contributed by atoms with Gasteiger partial charge in [0.2, 0.25) is 5.91 Å². The monoisotopic (exact) mass is 420 g/mol. The van der Waals surface area contributed by atoms with Crippen LogP contribution in [0, 0.1) is 12.7 Å². The van der Waals surface area contributed by atoms with Crippen molar-refractivity contribution < 1.29 is 19.1 Å². The zero-order valence-corrected chi connectivity index (χ0v) is 17.6. The first-order chi connectivity index (χ1) is 14.8. The average Bonchev–Trinajstić information content (AvgIpc) is 2.96. The van der Waals surface area contributed by atoms with Gasteiger partial charge in [0.15, 0.2) is 0 Å². The molecule has 1 heterocycles. The van der Waals surface area contributed by atoms with Gasteiger partial charge < -0.3 is 14.9 Å². The molecule has 1 fully saturated rings. The van der Waals surface area contributed by atoms with Crippen molar-refractivity contribution in [1.82, 2.24) is 9.80 Å². The number of aryl methyl sites for hydroxylation is 1. The van der Waals surface area contributed by atoms with Crippen molar-refractivity contribution in [2.45, 2.75) is 20.0 Å². The van der Waals surface area contributed by atoms with Crippen LogP contribution < -0.4 is 0 Å². The van der Waals surface area contributed by atoms with Crippen LogP contribution in [0.5, 0.6) is 0 Å². The van der Waals surface area contributed by atoms with Crippen LogP contribution in [0.4, 0.5) is 4.39 Å². The van der Waals surface area contributed by atoms with E-state index in [0.717, 1.165) is 21.9 Å². The molecule has 4 rings (SSSR count). The van der Waals surface area contributed by atoms with Crippen molar-refractivity contribution in [3.8, 4) is 11.1 Å². The number of fused-ring (bicyclic) bond motifs is 1. The molecule has 0 bridgehead atoms. The van der Waals surface area contributed by atoms with Gasteiger partial charge in [0.25, 0.3) is 5.91 Å². The van der Waals surface area contributed by atoms with E-state index in [1.54, 1.807) is 28.9 Å². The topological polar surface area (TPSA) is 60.9 Å². The summed E-state index contributed by atoms with van der Waals surface area (Å²) in [6, 6.07) is 16.5. The number of hydrogen-bond acceptors (Lipinski definition) is 3. The average molecular weight is 420 g/mol. The van der Waals surface area contributed by atoms with Gasteiger partial charge in [-0.25, -0.2) is 4.39 Å². The van der Waals surface area contributed by atoms with Crippen LogP contribution >= 0.6 is 0 Å². The van der Waals surface area contributed by atoms with Gasteiger partial charge in [0.1, 0.15) is 5.82 Å². The smallest absolute Gasteiger partial charge is 0.254 e. The van der Waals surface area contributed by atoms with E-state index < -0.39 is 6.10 Å². The molecule has 3 aromatic carbocycles. The molecule has 0 saturated carbocycles. The minimum absolute atomic E-state index is 0.105. The molecule has 0 radical (unpaired) electrons. The predicted molar refractivity (Wildman–Crippen MR) is 118 cm³/mol. The minimum Gasteiger partial charge on any atom is -0.389 e. The minimum atomic E-state index is -0.766. The molecular formula is C25H25FN2O3. The largest absolute Gasteiger partial charge is 0.389 e. The molecular weight excluding hydrogens is 395 g/mol. The summed E-state index contributed by atoms with van der Waals surface area (Å²) in [4.78, 5) is 27.9. The van der Waals surface area contributed by atoms with Gasteiger partial charge in [-0.1, -0.05) is 24.3 Å². The van der Waals surface area contributed by atoms with E-state index in [9.17, 15) is 19.1 Å². The van der Waals surface area contributed by atoms with E-state index in [-0.39, 0.29) is 30.7 Å². The van der Waals surface area contributed by atoms with Crippen LogP contribution in [-0.2, 0) is 4.79 Å². The van der Waals surface area contributed by atoms with E-state index in [2.05, 4.69) is 0 Å². The van der Waals surface area contributed by atoms with Crippen LogP contribution in [0.15, 0.2) is 54.6 Å². The number of nitrogens with zero attached hydrogens (tertiary/aromatic N) is 2. The van der Waals surface area contributed by atoms with Crippen molar-refractivity contribution in [3.05, 3.63) is 71.5 Å². The van der Waals surface area contributed by atoms with Crippen molar-refractivity contribution in [2.24, 2.45) is 0 Å². The molecule has 1 aliphatic rings. The zero-order chi connectivity index (χ0) is 22.1. The molecule has 1 N–H and O–H groups in total. The molecule has 1 saturated heterocycles. The Balaban J connectivity index is 1.58. The first-order valence-electron chi connectivity index (χ1n) is 10.3. The standard InChI is InChI=1S/C25H25FN2O3/c1-16-11-18(7-8-24(16)26)19-3-4-21-13-22(6-5-20(21)12-19)25(31)28-10-9-27(17(2)29)14-23(30)15-28/h3-8,11-13,23,30H,9-10,14-15H2,1-2H3. The van der Waals surface area contributed by atoms with Crippen LogP contribution in [0.2, 0.25) is 0 Å². The van der Waals surface area contributed by atoms with Gasteiger partial charge in [0.05, 0.1) is 6.10 Å². The highest BCUT2D eigenvalue weighted by Crippen LogP contribution is 2.27. The Hall–Kier alpha value is -3.25. The maximum Gasteiger partial charge on any atom is 0.254 e. The second-order valence-corrected chi connectivity index (χ2v) is 8.11. The van der Waals surface area contributed by atoms with E-state index in [1.807, 2.05) is 36.4 Å². The molecule has 0 spiro atoms. The van der Waals surface area contributed by atoms with Crippen molar-refractivity contribution in [1.29, 1.82) is 0 Å². The molecule has 31 heavy (non-hydrogen) atoms. The van der Waals surface area contributed by atoms with Crippen molar-refractivity contribution in [2.75, 3.05) is 26.2 Å². The molecule has 0 aromatic heterocycles. The first kappa shape index (κ1) is 21.0. The summed E-state index contributed by atoms with van der Waals surface area (Å²) in [6.07, 6.45) is -0.766. The number of β-amino-alcohol motifs (C(OH)–C–C–N with tert-alkyl or cyclic N) is 1. The molecule has 3 aromatic rings. The number of aliphatic hydroxyl groups is 1. The third-order valence-corrected chi connectivity index (χ3v) is 5.81. The molecule has 1 aliphatic heterocycles. The Morgan fingerprint density at radius 2 is 1.52 bits per heavy atom. The highest BCUT2D eigenvalue weighted by molar-refractivity contribution is 5.99. The van der Waals surface area contributed by atoms with Gasteiger partial charge in [-0.2, -0.15) is 0 Å². The highest BCUT2D eigenvalue weighted by atomic mass is 19.1. The molecule has 6 heteroatoms. The number of hydrogen-bond donors (Lipinski definition) is 1. The maximum absolute atomic E-state index is 13.6. The first-order valence-corrected chi connectivity index (χ1v) is 10.3. The Bertz CT molecular complexity index is 1160. The zero-order valence-electron chi connectivity index (χ0n) is 17.6. The Morgan fingerprint density at radius 3 is 2.26 bits per heavy atom. The maximum atomic E-state index is 13.6. The molecule has 1 atom stereocenters.